The second kappa shape index (κ2) is 4.44. The van der Waals surface area contributed by atoms with E-state index in [0.29, 0.717) is 5.95 Å². The first-order valence-electron chi connectivity index (χ1n) is 5.27. The number of carbonyl (C=O) groups excluding carboxylic acids is 1. The van der Waals surface area contributed by atoms with E-state index in [1.807, 2.05) is 19.9 Å². The van der Waals surface area contributed by atoms with Gasteiger partial charge in [-0.15, -0.1) is 0 Å². The van der Waals surface area contributed by atoms with E-state index in [0.717, 1.165) is 11.4 Å². The van der Waals surface area contributed by atoms with Gasteiger partial charge in [-0.3, -0.25) is 0 Å². The Hall–Kier alpha value is -2.44. The summed E-state index contributed by atoms with van der Waals surface area (Å²) in [6, 6.07) is 1.84. The van der Waals surface area contributed by atoms with Gasteiger partial charge in [0.25, 0.3) is 5.95 Å². The van der Waals surface area contributed by atoms with E-state index in [9.17, 15) is 4.79 Å². The molecule has 0 fully saturated rings. The molecule has 0 atom stereocenters. The van der Waals surface area contributed by atoms with E-state index in [1.54, 1.807) is 0 Å². The van der Waals surface area contributed by atoms with Crippen molar-refractivity contribution in [1.82, 2.24) is 19.7 Å². The van der Waals surface area contributed by atoms with Gasteiger partial charge >= 0.3 is 5.97 Å². The molecule has 2 aromatic heterocycles. The highest BCUT2D eigenvalue weighted by Crippen LogP contribution is 2.13. The zero-order valence-corrected chi connectivity index (χ0v) is 10.3. The Morgan fingerprint density at radius 3 is 2.50 bits per heavy atom. The number of hydrogen-bond acceptors (Lipinski definition) is 6. The van der Waals surface area contributed by atoms with Crippen molar-refractivity contribution in [3.05, 3.63) is 29.3 Å². The van der Waals surface area contributed by atoms with E-state index in [1.165, 1.54) is 18.0 Å². The minimum atomic E-state index is -0.587. The first-order valence-corrected chi connectivity index (χ1v) is 5.27. The normalized spacial score (nSPS) is 10.4. The van der Waals surface area contributed by atoms with Gasteiger partial charge in [-0.1, -0.05) is 0 Å². The lowest BCUT2D eigenvalue weighted by Crippen LogP contribution is -2.08. The highest BCUT2D eigenvalue weighted by molar-refractivity contribution is 5.92. The number of anilines is 1. The van der Waals surface area contributed by atoms with Gasteiger partial charge in [-0.05, 0) is 19.9 Å². The third-order valence-corrected chi connectivity index (χ3v) is 2.30. The first kappa shape index (κ1) is 12.0. The van der Waals surface area contributed by atoms with Gasteiger partial charge < -0.3 is 10.5 Å². The Labute approximate surface area is 104 Å². The summed E-state index contributed by atoms with van der Waals surface area (Å²) in [6.07, 6.45) is 1.49. The molecular weight excluding hydrogens is 234 g/mol. The van der Waals surface area contributed by atoms with Crippen molar-refractivity contribution in [2.24, 2.45) is 0 Å². The molecule has 18 heavy (non-hydrogen) atoms. The van der Waals surface area contributed by atoms with Crippen LogP contribution < -0.4 is 5.73 Å². The molecule has 0 aliphatic rings. The molecule has 0 spiro atoms. The standard InChI is InChI=1S/C11H13N5O2/c1-6-4-7(2)14-11(13-6)16-5-8(12)9(15-16)10(17)18-3/h4-5H,12H2,1-3H3. The Balaban J connectivity index is 2.48. The smallest absolute Gasteiger partial charge is 0.360 e. The van der Waals surface area contributed by atoms with Crippen molar-refractivity contribution >= 4 is 11.7 Å². The number of carbonyl (C=O) groups is 1. The number of nitrogen functional groups attached to an aromatic ring is 1. The number of nitrogens with two attached hydrogens (primary N) is 1. The topological polar surface area (TPSA) is 95.9 Å². The van der Waals surface area contributed by atoms with Crippen LogP contribution in [0.25, 0.3) is 5.95 Å². The molecule has 0 radical (unpaired) electrons. The van der Waals surface area contributed by atoms with Gasteiger partial charge in [-0.25, -0.2) is 19.4 Å². The number of hydrogen-bond donors (Lipinski definition) is 1. The fraction of sp³-hybridized carbons (Fsp3) is 0.273. The SMILES string of the molecule is COC(=O)c1nn(-c2nc(C)cc(C)n2)cc1N. The number of ether oxygens (including phenoxy) is 1. The maximum absolute atomic E-state index is 11.4. The molecule has 0 saturated heterocycles. The van der Waals surface area contributed by atoms with Crippen LogP contribution >= 0.6 is 0 Å². The lowest BCUT2D eigenvalue weighted by molar-refractivity contribution is 0.0594. The van der Waals surface area contributed by atoms with Crippen LogP contribution in [0.15, 0.2) is 12.3 Å². The summed E-state index contributed by atoms with van der Waals surface area (Å²) in [5.74, 6) is -0.218. The van der Waals surface area contributed by atoms with E-state index >= 15 is 0 Å². The number of aromatic nitrogens is 4. The Kier molecular flexibility index (Phi) is 2.97. The highest BCUT2D eigenvalue weighted by Gasteiger charge is 2.16. The third-order valence-electron chi connectivity index (χ3n) is 2.30. The molecule has 0 aromatic carbocycles. The van der Waals surface area contributed by atoms with Gasteiger partial charge in [0.05, 0.1) is 19.0 Å². The molecule has 0 bridgehead atoms. The van der Waals surface area contributed by atoms with Crippen LogP contribution in [0.4, 0.5) is 5.69 Å². The van der Waals surface area contributed by atoms with Crippen molar-refractivity contribution in [2.75, 3.05) is 12.8 Å². The average Bonchev–Trinajstić information content (AvgIpc) is 2.69. The lowest BCUT2D eigenvalue weighted by atomic mass is 10.4. The van der Waals surface area contributed by atoms with Crippen molar-refractivity contribution in [2.45, 2.75) is 13.8 Å². The fourth-order valence-corrected chi connectivity index (χ4v) is 1.55. The zero-order valence-electron chi connectivity index (χ0n) is 10.3. The van der Waals surface area contributed by atoms with E-state index in [-0.39, 0.29) is 11.4 Å². The van der Waals surface area contributed by atoms with Crippen molar-refractivity contribution in [1.29, 1.82) is 0 Å². The highest BCUT2D eigenvalue weighted by atomic mass is 16.5. The molecule has 7 heteroatoms. The van der Waals surface area contributed by atoms with Crippen molar-refractivity contribution in [3.63, 3.8) is 0 Å². The van der Waals surface area contributed by atoms with Gasteiger partial charge in [0, 0.05) is 11.4 Å². The second-order valence-corrected chi connectivity index (χ2v) is 3.82. The number of rotatable bonds is 2. The summed E-state index contributed by atoms with van der Waals surface area (Å²) in [7, 11) is 1.27. The van der Waals surface area contributed by atoms with E-state index < -0.39 is 5.97 Å². The number of esters is 1. The first-order chi connectivity index (χ1) is 8.51. The maximum Gasteiger partial charge on any atom is 0.360 e. The summed E-state index contributed by atoms with van der Waals surface area (Å²) in [4.78, 5) is 19.8. The quantitative estimate of drug-likeness (QED) is 0.782. The average molecular weight is 247 g/mol. The van der Waals surface area contributed by atoms with E-state index in [2.05, 4.69) is 19.8 Å². The Morgan fingerprint density at radius 2 is 1.94 bits per heavy atom. The van der Waals surface area contributed by atoms with Crippen LogP contribution in [0.3, 0.4) is 0 Å². The largest absolute Gasteiger partial charge is 0.464 e. The minimum absolute atomic E-state index is 0.0558. The van der Waals surface area contributed by atoms with Crippen LogP contribution in [0.5, 0.6) is 0 Å². The lowest BCUT2D eigenvalue weighted by Gasteiger charge is -2.01. The molecule has 0 aliphatic heterocycles. The van der Waals surface area contributed by atoms with E-state index in [4.69, 9.17) is 5.73 Å². The molecule has 2 heterocycles. The molecular formula is C11H13N5O2. The van der Waals surface area contributed by atoms with Gasteiger partial charge in [0.2, 0.25) is 0 Å². The van der Waals surface area contributed by atoms with Crippen LogP contribution in [0, 0.1) is 13.8 Å². The van der Waals surface area contributed by atoms with Crippen LogP contribution in [0.1, 0.15) is 21.9 Å². The molecule has 7 nitrogen and oxygen atoms in total. The minimum Gasteiger partial charge on any atom is -0.464 e. The van der Waals surface area contributed by atoms with Crippen LogP contribution in [-0.2, 0) is 4.74 Å². The summed E-state index contributed by atoms with van der Waals surface area (Å²) >= 11 is 0. The van der Waals surface area contributed by atoms with Crippen molar-refractivity contribution in [3.8, 4) is 5.95 Å². The van der Waals surface area contributed by atoms with Gasteiger partial charge in [0.1, 0.15) is 0 Å². The Bertz CT molecular complexity index is 585. The summed E-state index contributed by atoms with van der Waals surface area (Å²) < 4.78 is 5.94. The number of nitrogens with zero attached hydrogens (tertiary/aromatic N) is 4. The summed E-state index contributed by atoms with van der Waals surface area (Å²) in [5, 5.41) is 4.03. The van der Waals surface area contributed by atoms with Gasteiger partial charge in [0.15, 0.2) is 5.69 Å². The molecule has 2 rings (SSSR count). The molecule has 0 amide bonds. The zero-order chi connectivity index (χ0) is 13.3. The predicted molar refractivity (Wildman–Crippen MR) is 64.4 cm³/mol. The number of aryl methyl sites for hydroxylation is 2. The molecule has 0 aliphatic carbocycles. The summed E-state index contributed by atoms with van der Waals surface area (Å²) in [6.45, 7) is 3.71. The monoisotopic (exact) mass is 247 g/mol. The molecule has 0 unspecified atom stereocenters. The molecule has 0 saturated carbocycles. The fourth-order valence-electron chi connectivity index (χ4n) is 1.55. The summed E-state index contributed by atoms with van der Waals surface area (Å²) in [5.41, 5.74) is 7.60. The molecule has 2 aromatic rings. The second-order valence-electron chi connectivity index (χ2n) is 3.82. The van der Waals surface area contributed by atoms with Crippen LogP contribution in [0.2, 0.25) is 0 Å². The molecule has 94 valence electrons. The maximum atomic E-state index is 11.4. The van der Waals surface area contributed by atoms with Crippen LogP contribution in [-0.4, -0.2) is 32.8 Å². The van der Waals surface area contributed by atoms with Crippen molar-refractivity contribution < 1.29 is 9.53 Å². The third kappa shape index (κ3) is 2.15. The number of methoxy groups -OCH3 is 1. The predicted octanol–water partition coefficient (Wildman–Crippen LogP) is 0.648. The molecule has 2 N–H and O–H groups in total. The van der Waals surface area contributed by atoms with Gasteiger partial charge in [-0.2, -0.15) is 5.10 Å². The Morgan fingerprint density at radius 1 is 1.33 bits per heavy atom.